The van der Waals surface area contributed by atoms with Gasteiger partial charge in [0.2, 0.25) is 5.91 Å². The van der Waals surface area contributed by atoms with Crippen LogP contribution >= 0.6 is 11.3 Å². The van der Waals surface area contributed by atoms with Crippen molar-refractivity contribution in [3.8, 4) is 0 Å². The van der Waals surface area contributed by atoms with Crippen molar-refractivity contribution in [3.63, 3.8) is 0 Å². The molecule has 4 bridgehead atoms. The van der Waals surface area contributed by atoms with Crippen molar-refractivity contribution in [2.24, 2.45) is 17.3 Å². The van der Waals surface area contributed by atoms with Crippen LogP contribution < -0.4 is 5.32 Å². The van der Waals surface area contributed by atoms with E-state index in [1.165, 1.54) is 17.8 Å². The van der Waals surface area contributed by atoms with E-state index in [-0.39, 0.29) is 11.3 Å². The molecular formula is C15H20N2O2S. The Bertz CT molecular complexity index is 554. The first-order chi connectivity index (χ1) is 9.46. The molecule has 2 unspecified atom stereocenters. The molecule has 5 rings (SSSR count). The fourth-order valence-electron chi connectivity index (χ4n) is 5.12. The predicted octanol–water partition coefficient (Wildman–Crippen LogP) is 2.72. The van der Waals surface area contributed by atoms with E-state index < -0.39 is 5.60 Å². The van der Waals surface area contributed by atoms with Crippen molar-refractivity contribution in [2.45, 2.75) is 51.0 Å². The van der Waals surface area contributed by atoms with Crippen LogP contribution in [0.5, 0.6) is 0 Å². The van der Waals surface area contributed by atoms with Gasteiger partial charge in [-0.15, -0.1) is 11.3 Å². The number of aliphatic hydroxyl groups is 1. The largest absolute Gasteiger partial charge is 0.390 e. The number of hydrogen-bond acceptors (Lipinski definition) is 4. The molecule has 4 fully saturated rings. The molecule has 1 aromatic rings. The topological polar surface area (TPSA) is 62.2 Å². The standard InChI is InChI=1S/C15H20N2O2S/c1-9-7-16-13(20-9)17-12(18)14-3-10-2-11(4-14)6-15(19,5-10)8-14/h7,10-11,19H,2-6,8H2,1H3,(H,16,17,18). The Morgan fingerprint density at radius 3 is 2.65 bits per heavy atom. The molecule has 20 heavy (non-hydrogen) atoms. The van der Waals surface area contributed by atoms with E-state index in [1.807, 2.05) is 6.92 Å². The molecule has 4 aliphatic carbocycles. The third-order valence-corrected chi connectivity index (χ3v) is 6.18. The highest BCUT2D eigenvalue weighted by molar-refractivity contribution is 7.15. The van der Waals surface area contributed by atoms with Gasteiger partial charge in [-0.2, -0.15) is 0 Å². The Morgan fingerprint density at radius 1 is 1.40 bits per heavy atom. The van der Waals surface area contributed by atoms with Gasteiger partial charge in [-0.3, -0.25) is 4.79 Å². The van der Waals surface area contributed by atoms with Crippen LogP contribution in [0.25, 0.3) is 0 Å². The Kier molecular flexibility index (Phi) is 2.58. The van der Waals surface area contributed by atoms with Crippen LogP contribution in [0.15, 0.2) is 6.20 Å². The van der Waals surface area contributed by atoms with Gasteiger partial charge in [0, 0.05) is 11.1 Å². The van der Waals surface area contributed by atoms with Gasteiger partial charge < -0.3 is 10.4 Å². The summed E-state index contributed by atoms with van der Waals surface area (Å²) in [4.78, 5) is 18.1. The molecule has 2 N–H and O–H groups in total. The highest BCUT2D eigenvalue weighted by Crippen LogP contribution is 2.61. The van der Waals surface area contributed by atoms with Gasteiger partial charge in [-0.05, 0) is 57.3 Å². The number of carbonyl (C=O) groups is 1. The summed E-state index contributed by atoms with van der Waals surface area (Å²) in [6.07, 6.45) is 7.32. The minimum atomic E-state index is -0.583. The van der Waals surface area contributed by atoms with Crippen molar-refractivity contribution >= 4 is 22.4 Å². The Labute approximate surface area is 122 Å². The average molecular weight is 292 g/mol. The smallest absolute Gasteiger partial charge is 0.232 e. The van der Waals surface area contributed by atoms with Crippen LogP contribution in [0.1, 0.15) is 43.4 Å². The second-order valence-electron chi connectivity index (χ2n) is 7.20. The maximum atomic E-state index is 12.8. The van der Waals surface area contributed by atoms with Gasteiger partial charge in [0.25, 0.3) is 0 Å². The Hall–Kier alpha value is -0.940. The molecule has 0 aromatic carbocycles. The van der Waals surface area contributed by atoms with Crippen molar-refractivity contribution in [3.05, 3.63) is 11.1 Å². The minimum Gasteiger partial charge on any atom is -0.390 e. The highest BCUT2D eigenvalue weighted by Gasteiger charge is 2.60. The SMILES string of the molecule is Cc1cnc(NC(=O)C23CC4CC(CC(O)(C4)C2)C3)s1. The van der Waals surface area contributed by atoms with Gasteiger partial charge in [-0.1, -0.05) is 0 Å². The second-order valence-corrected chi connectivity index (χ2v) is 8.43. The molecule has 0 radical (unpaired) electrons. The number of thiazole rings is 1. The number of aromatic nitrogens is 1. The van der Waals surface area contributed by atoms with E-state index in [9.17, 15) is 9.90 Å². The van der Waals surface area contributed by atoms with Gasteiger partial charge in [0.15, 0.2) is 5.13 Å². The summed E-state index contributed by atoms with van der Waals surface area (Å²) in [5, 5.41) is 14.4. The van der Waals surface area contributed by atoms with Gasteiger partial charge in [-0.25, -0.2) is 4.98 Å². The van der Waals surface area contributed by atoms with E-state index in [1.54, 1.807) is 6.20 Å². The number of aryl methyl sites for hydroxylation is 1. The molecule has 4 aliphatic rings. The molecule has 108 valence electrons. The van der Waals surface area contributed by atoms with Crippen molar-refractivity contribution in [1.29, 1.82) is 0 Å². The Morgan fingerprint density at radius 2 is 2.10 bits per heavy atom. The molecule has 2 atom stereocenters. The molecule has 1 heterocycles. The zero-order valence-electron chi connectivity index (χ0n) is 11.7. The number of rotatable bonds is 2. The third-order valence-electron chi connectivity index (χ3n) is 5.35. The van der Waals surface area contributed by atoms with E-state index >= 15 is 0 Å². The number of nitrogens with zero attached hydrogens (tertiary/aromatic N) is 1. The van der Waals surface area contributed by atoms with Crippen LogP contribution in [0, 0.1) is 24.2 Å². The summed E-state index contributed by atoms with van der Waals surface area (Å²) in [5.74, 6) is 1.15. The molecular weight excluding hydrogens is 272 g/mol. The number of anilines is 1. The lowest BCUT2D eigenvalue weighted by molar-refractivity contribution is -0.174. The molecule has 0 aliphatic heterocycles. The fourth-order valence-corrected chi connectivity index (χ4v) is 5.78. The van der Waals surface area contributed by atoms with Crippen LogP contribution in [0.3, 0.4) is 0 Å². The monoisotopic (exact) mass is 292 g/mol. The van der Waals surface area contributed by atoms with E-state index in [0.717, 1.165) is 30.6 Å². The quantitative estimate of drug-likeness (QED) is 0.881. The molecule has 0 saturated heterocycles. The number of carbonyl (C=O) groups excluding carboxylic acids is 1. The lowest BCUT2D eigenvalue weighted by Gasteiger charge is -2.59. The third kappa shape index (κ3) is 1.91. The van der Waals surface area contributed by atoms with Crippen LogP contribution in [0.4, 0.5) is 5.13 Å². The summed E-state index contributed by atoms with van der Waals surface area (Å²) in [7, 11) is 0. The number of nitrogens with one attached hydrogen (secondary N) is 1. The molecule has 1 aromatic heterocycles. The molecule has 0 spiro atoms. The second kappa shape index (κ2) is 4.04. The zero-order valence-corrected chi connectivity index (χ0v) is 12.5. The molecule has 4 nitrogen and oxygen atoms in total. The van der Waals surface area contributed by atoms with Gasteiger partial charge in [0.05, 0.1) is 11.0 Å². The van der Waals surface area contributed by atoms with Crippen LogP contribution in [-0.4, -0.2) is 21.6 Å². The first kappa shape index (κ1) is 12.8. The van der Waals surface area contributed by atoms with E-state index in [4.69, 9.17) is 0 Å². The zero-order chi connectivity index (χ0) is 14.0. The maximum Gasteiger partial charge on any atom is 0.232 e. The number of amides is 1. The lowest BCUT2D eigenvalue weighted by Crippen LogP contribution is -2.59. The van der Waals surface area contributed by atoms with Crippen molar-refractivity contribution < 1.29 is 9.90 Å². The normalized spacial score (nSPS) is 41.9. The summed E-state index contributed by atoms with van der Waals surface area (Å²) >= 11 is 1.51. The molecule has 5 heteroatoms. The first-order valence-electron chi connectivity index (χ1n) is 7.43. The van der Waals surface area contributed by atoms with Crippen LogP contribution in [-0.2, 0) is 4.79 Å². The van der Waals surface area contributed by atoms with Crippen LogP contribution in [0.2, 0.25) is 0 Å². The van der Waals surface area contributed by atoms with Gasteiger partial charge >= 0.3 is 0 Å². The molecule has 1 amide bonds. The molecule has 4 saturated carbocycles. The van der Waals surface area contributed by atoms with E-state index in [2.05, 4.69) is 10.3 Å². The maximum absolute atomic E-state index is 12.8. The van der Waals surface area contributed by atoms with Crippen molar-refractivity contribution in [2.75, 3.05) is 5.32 Å². The lowest BCUT2D eigenvalue weighted by atomic mass is 9.47. The Balaban J connectivity index is 1.59. The van der Waals surface area contributed by atoms with Crippen molar-refractivity contribution in [1.82, 2.24) is 4.98 Å². The minimum absolute atomic E-state index is 0.0828. The highest BCUT2D eigenvalue weighted by atomic mass is 32.1. The summed E-state index contributed by atoms with van der Waals surface area (Å²) in [5.41, 5.74) is -0.932. The summed E-state index contributed by atoms with van der Waals surface area (Å²) in [6, 6.07) is 0. The van der Waals surface area contributed by atoms with Gasteiger partial charge in [0.1, 0.15) is 0 Å². The first-order valence-corrected chi connectivity index (χ1v) is 8.24. The fraction of sp³-hybridized carbons (Fsp3) is 0.733. The average Bonchev–Trinajstić information content (AvgIpc) is 2.71. The van der Waals surface area contributed by atoms with E-state index in [0.29, 0.717) is 23.4 Å². The summed E-state index contributed by atoms with van der Waals surface area (Å²) < 4.78 is 0. The number of hydrogen-bond donors (Lipinski definition) is 2. The summed E-state index contributed by atoms with van der Waals surface area (Å²) in [6.45, 7) is 1.99. The predicted molar refractivity (Wildman–Crippen MR) is 77.5 cm³/mol.